The minimum absolute atomic E-state index is 0.0793. The van der Waals surface area contributed by atoms with E-state index in [1.54, 1.807) is 0 Å². The van der Waals surface area contributed by atoms with Crippen LogP contribution >= 0.6 is 0 Å². The average molecular weight is 284 g/mol. The van der Waals surface area contributed by atoms with Crippen molar-refractivity contribution < 1.29 is 9.53 Å². The number of hydrogen-bond donors (Lipinski definition) is 2. The third-order valence-corrected chi connectivity index (χ3v) is 3.07. The third-order valence-electron chi connectivity index (χ3n) is 3.07. The first-order valence-electron chi connectivity index (χ1n) is 7.04. The van der Waals surface area contributed by atoms with Crippen LogP contribution in [0.3, 0.4) is 0 Å². The fraction of sp³-hybridized carbons (Fsp3) is 0.235. The van der Waals surface area contributed by atoms with Crippen LogP contribution in [-0.4, -0.2) is 12.6 Å². The van der Waals surface area contributed by atoms with Gasteiger partial charge in [0.2, 0.25) is 0 Å². The summed E-state index contributed by atoms with van der Waals surface area (Å²) in [5, 5.41) is 5.70. The quantitative estimate of drug-likeness (QED) is 0.873. The van der Waals surface area contributed by atoms with Crippen LogP contribution in [0.1, 0.15) is 25.5 Å². The first kappa shape index (κ1) is 14.9. The molecule has 2 rings (SSSR count). The predicted molar refractivity (Wildman–Crippen MR) is 84.6 cm³/mol. The molecule has 2 amide bonds. The minimum Gasteiger partial charge on any atom is -0.494 e. The lowest BCUT2D eigenvalue weighted by atomic mass is 10.1. The molecule has 0 saturated heterocycles. The number of amides is 2. The Hall–Kier alpha value is -2.49. The smallest absolute Gasteiger partial charge is 0.319 e. The number of hydrogen-bond acceptors (Lipinski definition) is 2. The number of rotatable bonds is 5. The molecule has 4 heteroatoms. The van der Waals surface area contributed by atoms with Crippen LogP contribution in [-0.2, 0) is 0 Å². The minimum atomic E-state index is -0.220. The van der Waals surface area contributed by atoms with E-state index < -0.39 is 0 Å². The molecular weight excluding hydrogens is 264 g/mol. The van der Waals surface area contributed by atoms with Gasteiger partial charge in [-0.25, -0.2) is 4.79 Å². The molecule has 0 aromatic heterocycles. The van der Waals surface area contributed by atoms with Gasteiger partial charge in [0.25, 0.3) is 0 Å². The Morgan fingerprint density at radius 3 is 2.38 bits per heavy atom. The fourth-order valence-electron chi connectivity index (χ4n) is 1.99. The van der Waals surface area contributed by atoms with E-state index in [4.69, 9.17) is 4.74 Å². The van der Waals surface area contributed by atoms with E-state index in [0.717, 1.165) is 17.0 Å². The van der Waals surface area contributed by atoms with E-state index in [9.17, 15) is 4.79 Å². The Morgan fingerprint density at radius 2 is 1.76 bits per heavy atom. The largest absolute Gasteiger partial charge is 0.494 e. The molecule has 0 aliphatic rings. The molecule has 0 spiro atoms. The van der Waals surface area contributed by atoms with Crippen molar-refractivity contribution in [2.75, 3.05) is 11.9 Å². The van der Waals surface area contributed by atoms with Crippen molar-refractivity contribution in [1.29, 1.82) is 0 Å². The maximum Gasteiger partial charge on any atom is 0.319 e. The first-order valence-corrected chi connectivity index (χ1v) is 7.04. The van der Waals surface area contributed by atoms with E-state index in [-0.39, 0.29) is 12.1 Å². The molecule has 2 aromatic rings. The van der Waals surface area contributed by atoms with Crippen LogP contribution < -0.4 is 15.4 Å². The molecule has 0 unspecified atom stereocenters. The zero-order valence-electron chi connectivity index (χ0n) is 12.3. The van der Waals surface area contributed by atoms with Crippen LogP contribution in [0.2, 0.25) is 0 Å². The van der Waals surface area contributed by atoms with Crippen molar-refractivity contribution in [1.82, 2.24) is 5.32 Å². The van der Waals surface area contributed by atoms with Gasteiger partial charge in [-0.2, -0.15) is 0 Å². The maximum atomic E-state index is 11.9. The molecule has 1 atom stereocenters. The number of ether oxygens (including phenoxy) is 1. The second kappa shape index (κ2) is 7.33. The number of urea groups is 1. The molecule has 0 saturated carbocycles. The number of anilines is 1. The molecule has 0 heterocycles. The zero-order chi connectivity index (χ0) is 15.1. The SMILES string of the molecule is CCOc1ccc([C@H](C)NC(=O)Nc2ccccc2)cc1. The van der Waals surface area contributed by atoms with E-state index in [1.807, 2.05) is 68.4 Å². The number of carbonyl (C=O) groups is 1. The van der Waals surface area contributed by atoms with E-state index in [2.05, 4.69) is 10.6 Å². The third kappa shape index (κ3) is 4.53. The maximum absolute atomic E-state index is 11.9. The van der Waals surface area contributed by atoms with Crippen molar-refractivity contribution in [3.05, 3.63) is 60.2 Å². The standard InChI is InChI=1S/C17H20N2O2/c1-3-21-16-11-9-14(10-12-16)13(2)18-17(20)19-15-7-5-4-6-8-15/h4-13H,3H2,1-2H3,(H2,18,19,20)/t13-/m0/s1. The summed E-state index contributed by atoms with van der Waals surface area (Å²) < 4.78 is 5.40. The van der Waals surface area contributed by atoms with Crippen molar-refractivity contribution in [3.8, 4) is 5.75 Å². The van der Waals surface area contributed by atoms with E-state index in [1.165, 1.54) is 0 Å². The Labute approximate surface area is 125 Å². The van der Waals surface area contributed by atoms with Crippen molar-refractivity contribution >= 4 is 11.7 Å². The number of nitrogens with one attached hydrogen (secondary N) is 2. The van der Waals surface area contributed by atoms with Crippen molar-refractivity contribution in [2.45, 2.75) is 19.9 Å². The molecule has 2 N–H and O–H groups in total. The van der Waals surface area contributed by atoms with Crippen LogP contribution in [0.5, 0.6) is 5.75 Å². The normalized spacial score (nSPS) is 11.5. The molecule has 0 bridgehead atoms. The summed E-state index contributed by atoms with van der Waals surface area (Å²) in [5.74, 6) is 0.835. The highest BCUT2D eigenvalue weighted by molar-refractivity contribution is 5.89. The van der Waals surface area contributed by atoms with Crippen molar-refractivity contribution in [2.24, 2.45) is 0 Å². The van der Waals surface area contributed by atoms with Gasteiger partial charge in [0.05, 0.1) is 12.6 Å². The lowest BCUT2D eigenvalue weighted by Crippen LogP contribution is -2.31. The summed E-state index contributed by atoms with van der Waals surface area (Å²) >= 11 is 0. The van der Waals surface area contributed by atoms with Crippen molar-refractivity contribution in [3.63, 3.8) is 0 Å². The van der Waals surface area contributed by atoms with Crippen LogP contribution in [0.25, 0.3) is 0 Å². The highest BCUT2D eigenvalue weighted by Crippen LogP contribution is 2.17. The zero-order valence-corrected chi connectivity index (χ0v) is 12.3. The van der Waals surface area contributed by atoms with Crippen LogP contribution in [0, 0.1) is 0 Å². The highest BCUT2D eigenvalue weighted by Gasteiger charge is 2.09. The number of carbonyl (C=O) groups excluding carboxylic acids is 1. The summed E-state index contributed by atoms with van der Waals surface area (Å²) in [4.78, 5) is 11.9. The highest BCUT2D eigenvalue weighted by atomic mass is 16.5. The molecule has 0 aliphatic carbocycles. The van der Waals surface area contributed by atoms with E-state index in [0.29, 0.717) is 6.61 Å². The summed E-state index contributed by atoms with van der Waals surface area (Å²) in [5.41, 5.74) is 1.80. The summed E-state index contributed by atoms with van der Waals surface area (Å²) in [6, 6.07) is 16.8. The van der Waals surface area contributed by atoms with Crippen LogP contribution in [0.15, 0.2) is 54.6 Å². The predicted octanol–water partition coefficient (Wildman–Crippen LogP) is 3.97. The van der Waals surface area contributed by atoms with Gasteiger partial charge in [0.15, 0.2) is 0 Å². The fourth-order valence-corrected chi connectivity index (χ4v) is 1.99. The van der Waals surface area contributed by atoms with Crippen LogP contribution in [0.4, 0.5) is 10.5 Å². The molecule has 21 heavy (non-hydrogen) atoms. The Kier molecular flexibility index (Phi) is 5.21. The van der Waals surface area contributed by atoms with Gasteiger partial charge in [-0.15, -0.1) is 0 Å². The lowest BCUT2D eigenvalue weighted by molar-refractivity contribution is 0.249. The number of benzene rings is 2. The molecule has 110 valence electrons. The second-order valence-electron chi connectivity index (χ2n) is 4.69. The summed E-state index contributed by atoms with van der Waals surface area (Å²) in [6.07, 6.45) is 0. The lowest BCUT2D eigenvalue weighted by Gasteiger charge is -2.15. The second-order valence-corrected chi connectivity index (χ2v) is 4.69. The molecular formula is C17H20N2O2. The monoisotopic (exact) mass is 284 g/mol. The molecule has 0 fully saturated rings. The van der Waals surface area contributed by atoms with E-state index >= 15 is 0 Å². The molecule has 2 aromatic carbocycles. The molecule has 0 radical (unpaired) electrons. The van der Waals surface area contributed by atoms with Gasteiger partial charge in [0.1, 0.15) is 5.75 Å². The van der Waals surface area contributed by atoms with Gasteiger partial charge < -0.3 is 15.4 Å². The Bertz CT molecular complexity index is 567. The van der Waals surface area contributed by atoms with Gasteiger partial charge in [-0.1, -0.05) is 30.3 Å². The molecule has 0 aliphatic heterocycles. The van der Waals surface area contributed by atoms with Gasteiger partial charge >= 0.3 is 6.03 Å². The van der Waals surface area contributed by atoms with Gasteiger partial charge in [0, 0.05) is 5.69 Å². The Morgan fingerprint density at radius 1 is 1.10 bits per heavy atom. The topological polar surface area (TPSA) is 50.4 Å². The summed E-state index contributed by atoms with van der Waals surface area (Å²) in [6.45, 7) is 4.54. The van der Waals surface area contributed by atoms with Gasteiger partial charge in [-0.3, -0.25) is 0 Å². The average Bonchev–Trinajstić information content (AvgIpc) is 2.49. The number of para-hydroxylation sites is 1. The van der Waals surface area contributed by atoms with Gasteiger partial charge in [-0.05, 0) is 43.7 Å². The summed E-state index contributed by atoms with van der Waals surface area (Å²) in [7, 11) is 0. The first-order chi connectivity index (χ1) is 10.2. The molecule has 4 nitrogen and oxygen atoms in total. The Balaban J connectivity index is 1.91.